The van der Waals surface area contributed by atoms with Crippen LogP contribution in [0.1, 0.15) is 12.0 Å². The molecule has 0 unspecified atom stereocenters. The molecule has 0 fully saturated rings. The van der Waals surface area contributed by atoms with Crippen molar-refractivity contribution in [3.8, 4) is 5.75 Å². The molecule has 0 aliphatic rings. The normalized spacial score (nSPS) is 9.53. The first kappa shape index (κ1) is 15.2. The third-order valence-corrected chi connectivity index (χ3v) is 2.53. The molecule has 0 atom stereocenters. The van der Waals surface area contributed by atoms with Gasteiger partial charge < -0.3 is 9.47 Å². The van der Waals surface area contributed by atoms with Gasteiger partial charge in [0, 0.05) is 18.2 Å². The van der Waals surface area contributed by atoms with Gasteiger partial charge >= 0.3 is 23.1 Å². The Balaban J connectivity index is 0.00000196. The van der Waals surface area contributed by atoms with Crippen molar-refractivity contribution in [3.63, 3.8) is 0 Å². The summed E-state index contributed by atoms with van der Waals surface area (Å²) in [5, 5.41) is 0. The Labute approximate surface area is 116 Å². The fourth-order valence-electron chi connectivity index (χ4n) is 1.35. The monoisotopic (exact) mass is 284 g/mol. The zero-order valence-electron chi connectivity index (χ0n) is 8.55. The van der Waals surface area contributed by atoms with Crippen molar-refractivity contribution in [2.75, 3.05) is 20.8 Å². The summed E-state index contributed by atoms with van der Waals surface area (Å²) in [6, 6.07) is 6.05. The van der Waals surface area contributed by atoms with E-state index < -0.39 is 0 Å². The van der Waals surface area contributed by atoms with E-state index in [0.29, 0.717) is 0 Å². The first-order valence-corrected chi connectivity index (χ1v) is 5.38. The molecule has 15 heavy (non-hydrogen) atoms. The van der Waals surface area contributed by atoms with Crippen molar-refractivity contribution in [1.82, 2.24) is 0 Å². The van der Waals surface area contributed by atoms with Gasteiger partial charge in [-0.2, -0.15) is 0 Å². The molecular weight excluding hydrogens is 268 g/mol. The predicted molar refractivity (Wildman–Crippen MR) is 69.4 cm³/mol. The van der Waals surface area contributed by atoms with Crippen LogP contribution in [0, 0.1) is 0 Å². The molecule has 4 heteroatoms. The molecule has 0 aliphatic heterocycles. The highest BCUT2D eigenvalue weighted by Crippen LogP contribution is 2.23. The van der Waals surface area contributed by atoms with Gasteiger partial charge in [-0.1, -0.05) is 15.9 Å². The van der Waals surface area contributed by atoms with Crippen LogP contribution in [0.5, 0.6) is 5.75 Å². The lowest BCUT2D eigenvalue weighted by Gasteiger charge is -2.08. The van der Waals surface area contributed by atoms with Crippen LogP contribution in [-0.4, -0.2) is 43.9 Å². The van der Waals surface area contributed by atoms with E-state index in [4.69, 9.17) is 9.47 Å². The first-order valence-electron chi connectivity index (χ1n) is 4.59. The van der Waals surface area contributed by atoms with E-state index in [9.17, 15) is 0 Å². The number of ether oxygens (including phenoxy) is 2. The molecule has 0 heterocycles. The van der Waals surface area contributed by atoms with Crippen LogP contribution in [-0.2, 0) is 11.2 Å². The van der Waals surface area contributed by atoms with E-state index in [1.807, 2.05) is 12.1 Å². The van der Waals surface area contributed by atoms with Crippen LogP contribution in [0.3, 0.4) is 0 Å². The Morgan fingerprint density at radius 1 is 1.27 bits per heavy atom. The highest BCUT2D eigenvalue weighted by Gasteiger charge is 2.02. The minimum absolute atomic E-state index is 0. The van der Waals surface area contributed by atoms with Crippen molar-refractivity contribution in [3.05, 3.63) is 28.2 Å². The summed E-state index contributed by atoms with van der Waals surface area (Å²) in [6.07, 6.45) is 2.00. The lowest BCUT2D eigenvalue weighted by atomic mass is 10.1. The Morgan fingerprint density at radius 3 is 2.60 bits per heavy atom. The molecule has 2 nitrogen and oxygen atoms in total. The maximum absolute atomic E-state index is 5.27. The van der Waals surface area contributed by atoms with E-state index in [0.717, 1.165) is 29.7 Å². The van der Waals surface area contributed by atoms with Crippen molar-refractivity contribution >= 4 is 39.0 Å². The molecular formula is C11H17BrMgO2. The molecule has 0 saturated carbocycles. The molecule has 0 spiro atoms. The van der Waals surface area contributed by atoms with Crippen molar-refractivity contribution in [2.45, 2.75) is 12.8 Å². The number of hydrogen-bond donors (Lipinski definition) is 0. The van der Waals surface area contributed by atoms with Crippen LogP contribution >= 0.6 is 15.9 Å². The molecule has 1 aromatic carbocycles. The minimum atomic E-state index is 0. The van der Waals surface area contributed by atoms with Crippen LogP contribution < -0.4 is 4.74 Å². The quantitative estimate of drug-likeness (QED) is 0.609. The maximum Gasteiger partial charge on any atom is 0.316 e. The number of methoxy groups -OCH3 is 2. The highest BCUT2D eigenvalue weighted by atomic mass is 79.9. The standard InChI is InChI=1S/C11H15BrO2.Mg.2H/c1-13-7-3-4-9-8-10(12)5-6-11(9)14-2;;;/h5-6,8H,3-4,7H2,1-2H3;;;. The molecule has 0 N–H and O–H groups in total. The number of halogens is 1. The van der Waals surface area contributed by atoms with Crippen molar-refractivity contribution in [1.29, 1.82) is 0 Å². The summed E-state index contributed by atoms with van der Waals surface area (Å²) in [6.45, 7) is 0.787. The van der Waals surface area contributed by atoms with Crippen LogP contribution in [0.15, 0.2) is 22.7 Å². The second kappa shape index (κ2) is 8.39. The van der Waals surface area contributed by atoms with Crippen LogP contribution in [0.2, 0.25) is 0 Å². The second-order valence-electron chi connectivity index (χ2n) is 3.05. The molecule has 0 amide bonds. The third kappa shape index (κ3) is 5.20. The fourth-order valence-corrected chi connectivity index (χ4v) is 1.76. The summed E-state index contributed by atoms with van der Waals surface area (Å²) in [5.41, 5.74) is 1.22. The van der Waals surface area contributed by atoms with E-state index in [1.54, 1.807) is 14.2 Å². The van der Waals surface area contributed by atoms with Crippen molar-refractivity contribution < 1.29 is 9.47 Å². The molecule has 0 saturated heterocycles. The molecule has 1 rings (SSSR count). The molecule has 0 aliphatic carbocycles. The topological polar surface area (TPSA) is 18.5 Å². The number of hydrogen-bond acceptors (Lipinski definition) is 2. The number of aryl methyl sites for hydroxylation is 1. The third-order valence-electron chi connectivity index (χ3n) is 2.04. The van der Waals surface area contributed by atoms with Gasteiger partial charge in [0.15, 0.2) is 0 Å². The summed E-state index contributed by atoms with van der Waals surface area (Å²) < 4.78 is 11.4. The molecule has 82 valence electrons. The number of rotatable bonds is 5. The zero-order chi connectivity index (χ0) is 10.4. The molecule has 0 bridgehead atoms. The van der Waals surface area contributed by atoms with Gasteiger partial charge in [0.1, 0.15) is 5.75 Å². The van der Waals surface area contributed by atoms with Crippen LogP contribution in [0.4, 0.5) is 0 Å². The zero-order valence-corrected chi connectivity index (χ0v) is 10.1. The van der Waals surface area contributed by atoms with Gasteiger partial charge in [-0.15, -0.1) is 0 Å². The van der Waals surface area contributed by atoms with Gasteiger partial charge in [0.25, 0.3) is 0 Å². The number of benzene rings is 1. The lowest BCUT2D eigenvalue weighted by molar-refractivity contribution is 0.195. The average Bonchev–Trinajstić information content (AvgIpc) is 2.19. The molecule has 1 aromatic rings. The summed E-state index contributed by atoms with van der Waals surface area (Å²) >= 11 is 3.45. The Bertz CT molecular complexity index is 292. The van der Waals surface area contributed by atoms with E-state index in [2.05, 4.69) is 22.0 Å². The summed E-state index contributed by atoms with van der Waals surface area (Å²) in [4.78, 5) is 0. The molecule has 0 radical (unpaired) electrons. The smallest absolute Gasteiger partial charge is 0.316 e. The Kier molecular flexibility index (Phi) is 8.51. The lowest BCUT2D eigenvalue weighted by Crippen LogP contribution is -1.96. The SMILES string of the molecule is COCCCc1cc(Br)ccc1OC.[MgH2]. The van der Waals surface area contributed by atoms with E-state index in [1.165, 1.54) is 5.56 Å². The fraction of sp³-hybridized carbons (Fsp3) is 0.455. The summed E-state index contributed by atoms with van der Waals surface area (Å²) in [7, 11) is 3.42. The highest BCUT2D eigenvalue weighted by molar-refractivity contribution is 9.10. The largest absolute Gasteiger partial charge is 0.496 e. The van der Waals surface area contributed by atoms with Crippen LogP contribution in [0.25, 0.3) is 0 Å². The van der Waals surface area contributed by atoms with Gasteiger partial charge in [0.05, 0.1) is 7.11 Å². The predicted octanol–water partition coefficient (Wildman–Crippen LogP) is 2.12. The van der Waals surface area contributed by atoms with E-state index >= 15 is 0 Å². The summed E-state index contributed by atoms with van der Waals surface area (Å²) in [5.74, 6) is 0.948. The Morgan fingerprint density at radius 2 is 2.00 bits per heavy atom. The Hall–Kier alpha value is 0.226. The van der Waals surface area contributed by atoms with Crippen molar-refractivity contribution in [2.24, 2.45) is 0 Å². The average molecular weight is 285 g/mol. The first-order chi connectivity index (χ1) is 6.77. The van der Waals surface area contributed by atoms with Gasteiger partial charge in [-0.05, 0) is 36.6 Å². The van der Waals surface area contributed by atoms with Gasteiger partial charge in [-0.3, -0.25) is 0 Å². The van der Waals surface area contributed by atoms with E-state index in [-0.39, 0.29) is 23.1 Å². The van der Waals surface area contributed by atoms with Gasteiger partial charge in [-0.25, -0.2) is 0 Å². The second-order valence-corrected chi connectivity index (χ2v) is 3.97. The minimum Gasteiger partial charge on any atom is -0.496 e. The molecule has 0 aromatic heterocycles. The maximum atomic E-state index is 5.27. The van der Waals surface area contributed by atoms with Gasteiger partial charge in [0.2, 0.25) is 0 Å².